The zero-order chi connectivity index (χ0) is 15.5. The normalized spacial score (nSPS) is 14.9. The SMILES string of the molecule is Cc1cc(Br)oc1C(=O)Nc1ccc(N2CCCCC2)cn1. The van der Waals surface area contributed by atoms with Gasteiger partial charge in [0.15, 0.2) is 10.4 Å². The van der Waals surface area contributed by atoms with Gasteiger partial charge in [0.05, 0.1) is 11.9 Å². The average molecular weight is 364 g/mol. The van der Waals surface area contributed by atoms with Gasteiger partial charge in [-0.15, -0.1) is 0 Å². The van der Waals surface area contributed by atoms with Crippen molar-refractivity contribution in [2.24, 2.45) is 0 Å². The van der Waals surface area contributed by atoms with E-state index in [1.165, 1.54) is 19.3 Å². The Balaban J connectivity index is 1.68. The standard InChI is InChI=1S/C16H18BrN3O2/c1-11-9-13(17)22-15(11)16(21)19-14-6-5-12(10-18-14)20-7-3-2-4-8-20/h5-6,9-10H,2-4,7-8H2,1H3,(H,18,19,21). The predicted octanol–water partition coefficient (Wildman–Crippen LogP) is 3.99. The van der Waals surface area contributed by atoms with Crippen LogP contribution in [0.3, 0.4) is 0 Å². The quantitative estimate of drug-likeness (QED) is 0.895. The lowest BCUT2D eigenvalue weighted by molar-refractivity contribution is 0.0994. The molecule has 0 aromatic carbocycles. The third kappa shape index (κ3) is 3.32. The first kappa shape index (κ1) is 15.1. The highest BCUT2D eigenvalue weighted by Gasteiger charge is 2.16. The van der Waals surface area contributed by atoms with E-state index in [1.807, 2.05) is 25.3 Å². The number of hydrogen-bond acceptors (Lipinski definition) is 4. The maximum Gasteiger partial charge on any atom is 0.292 e. The van der Waals surface area contributed by atoms with Crippen LogP contribution < -0.4 is 10.2 Å². The molecule has 0 unspecified atom stereocenters. The maximum absolute atomic E-state index is 12.2. The first-order valence-electron chi connectivity index (χ1n) is 7.42. The van der Waals surface area contributed by atoms with Crippen molar-refractivity contribution in [2.45, 2.75) is 26.2 Å². The Labute approximate surface area is 137 Å². The number of carbonyl (C=O) groups excluding carboxylic acids is 1. The van der Waals surface area contributed by atoms with Gasteiger partial charge >= 0.3 is 0 Å². The van der Waals surface area contributed by atoms with Crippen molar-refractivity contribution in [2.75, 3.05) is 23.3 Å². The first-order chi connectivity index (χ1) is 10.6. The summed E-state index contributed by atoms with van der Waals surface area (Å²) in [5.41, 5.74) is 1.89. The van der Waals surface area contributed by atoms with Gasteiger partial charge in [-0.05, 0) is 60.3 Å². The number of nitrogens with zero attached hydrogens (tertiary/aromatic N) is 2. The van der Waals surface area contributed by atoms with Gasteiger partial charge in [-0.2, -0.15) is 0 Å². The van der Waals surface area contributed by atoms with Crippen molar-refractivity contribution in [3.63, 3.8) is 0 Å². The van der Waals surface area contributed by atoms with Crippen LogP contribution in [0.4, 0.5) is 11.5 Å². The second-order valence-corrected chi connectivity index (χ2v) is 6.25. The lowest BCUT2D eigenvalue weighted by Crippen LogP contribution is -2.29. The van der Waals surface area contributed by atoms with Crippen LogP contribution in [0.2, 0.25) is 0 Å². The molecule has 2 aromatic heterocycles. The number of amides is 1. The Morgan fingerprint density at radius 2 is 2.09 bits per heavy atom. The van der Waals surface area contributed by atoms with Crippen LogP contribution in [0.1, 0.15) is 35.4 Å². The number of halogens is 1. The molecule has 22 heavy (non-hydrogen) atoms. The van der Waals surface area contributed by atoms with Gasteiger partial charge in [0.1, 0.15) is 5.82 Å². The number of furan rings is 1. The van der Waals surface area contributed by atoms with E-state index in [4.69, 9.17) is 4.42 Å². The van der Waals surface area contributed by atoms with Gasteiger partial charge in [0, 0.05) is 18.7 Å². The molecule has 6 heteroatoms. The monoisotopic (exact) mass is 363 g/mol. The van der Waals surface area contributed by atoms with Gasteiger partial charge in [-0.3, -0.25) is 4.79 Å². The molecule has 1 aliphatic rings. The number of hydrogen-bond donors (Lipinski definition) is 1. The summed E-state index contributed by atoms with van der Waals surface area (Å²) >= 11 is 3.22. The zero-order valence-electron chi connectivity index (χ0n) is 12.4. The fraction of sp³-hybridized carbons (Fsp3) is 0.375. The molecule has 1 N–H and O–H groups in total. The highest BCUT2D eigenvalue weighted by Crippen LogP contribution is 2.22. The Morgan fingerprint density at radius 1 is 1.32 bits per heavy atom. The van der Waals surface area contributed by atoms with Crippen molar-refractivity contribution < 1.29 is 9.21 Å². The number of pyridine rings is 1. The van der Waals surface area contributed by atoms with E-state index in [0.29, 0.717) is 16.2 Å². The number of aromatic nitrogens is 1. The fourth-order valence-electron chi connectivity index (χ4n) is 2.64. The number of piperidine rings is 1. The van der Waals surface area contributed by atoms with Crippen LogP contribution in [0.15, 0.2) is 33.5 Å². The van der Waals surface area contributed by atoms with Crippen LogP contribution in [0.25, 0.3) is 0 Å². The molecule has 116 valence electrons. The molecule has 5 nitrogen and oxygen atoms in total. The average Bonchev–Trinajstić information content (AvgIpc) is 2.88. The molecule has 0 bridgehead atoms. The molecule has 1 saturated heterocycles. The van der Waals surface area contributed by atoms with Gasteiger partial charge in [-0.25, -0.2) is 4.98 Å². The van der Waals surface area contributed by atoms with Gasteiger partial charge in [0.2, 0.25) is 0 Å². The van der Waals surface area contributed by atoms with Gasteiger partial charge in [-0.1, -0.05) is 0 Å². The summed E-state index contributed by atoms with van der Waals surface area (Å²) in [4.78, 5) is 18.8. The number of carbonyl (C=O) groups is 1. The molecule has 0 atom stereocenters. The summed E-state index contributed by atoms with van der Waals surface area (Å²) in [6.45, 7) is 3.98. The minimum absolute atomic E-state index is 0.290. The molecule has 0 radical (unpaired) electrons. The summed E-state index contributed by atoms with van der Waals surface area (Å²) in [6.07, 6.45) is 5.57. The minimum atomic E-state index is -0.290. The molecule has 3 heterocycles. The molecule has 2 aromatic rings. The smallest absolute Gasteiger partial charge is 0.292 e. The van der Waals surface area contributed by atoms with Crippen LogP contribution in [0.5, 0.6) is 0 Å². The number of anilines is 2. The van der Waals surface area contributed by atoms with Crippen LogP contribution in [-0.2, 0) is 0 Å². The van der Waals surface area contributed by atoms with Crippen molar-refractivity contribution in [3.05, 3.63) is 40.4 Å². The molecule has 1 amide bonds. The molecular formula is C16H18BrN3O2. The van der Waals surface area contributed by atoms with E-state index in [9.17, 15) is 4.79 Å². The summed E-state index contributed by atoms with van der Waals surface area (Å²) in [5.74, 6) is 0.535. The third-order valence-electron chi connectivity index (χ3n) is 3.80. The van der Waals surface area contributed by atoms with E-state index in [2.05, 4.69) is 31.1 Å². The molecule has 0 saturated carbocycles. The van der Waals surface area contributed by atoms with Crippen molar-refractivity contribution in [3.8, 4) is 0 Å². The van der Waals surface area contributed by atoms with E-state index >= 15 is 0 Å². The highest BCUT2D eigenvalue weighted by atomic mass is 79.9. The van der Waals surface area contributed by atoms with Crippen molar-refractivity contribution >= 4 is 33.3 Å². The van der Waals surface area contributed by atoms with Crippen LogP contribution >= 0.6 is 15.9 Å². The lowest BCUT2D eigenvalue weighted by Gasteiger charge is -2.28. The van der Waals surface area contributed by atoms with E-state index < -0.39 is 0 Å². The second kappa shape index (κ2) is 6.52. The second-order valence-electron chi connectivity index (χ2n) is 5.47. The van der Waals surface area contributed by atoms with E-state index in [0.717, 1.165) is 24.3 Å². The van der Waals surface area contributed by atoms with Crippen LogP contribution in [-0.4, -0.2) is 24.0 Å². The van der Waals surface area contributed by atoms with Gasteiger partial charge in [0.25, 0.3) is 5.91 Å². The Kier molecular flexibility index (Phi) is 4.47. The predicted molar refractivity (Wildman–Crippen MR) is 89.4 cm³/mol. The van der Waals surface area contributed by atoms with Crippen molar-refractivity contribution in [1.82, 2.24) is 4.98 Å². The minimum Gasteiger partial charge on any atom is -0.444 e. The highest BCUT2D eigenvalue weighted by molar-refractivity contribution is 9.10. The Bertz CT molecular complexity index is 661. The molecular weight excluding hydrogens is 346 g/mol. The van der Waals surface area contributed by atoms with Crippen LogP contribution in [0, 0.1) is 6.92 Å². The van der Waals surface area contributed by atoms with Gasteiger partial charge < -0.3 is 14.6 Å². The van der Waals surface area contributed by atoms with Crippen molar-refractivity contribution in [1.29, 1.82) is 0 Å². The van der Waals surface area contributed by atoms with E-state index in [-0.39, 0.29) is 5.91 Å². The first-order valence-corrected chi connectivity index (χ1v) is 8.21. The lowest BCUT2D eigenvalue weighted by atomic mass is 10.1. The molecule has 0 spiro atoms. The summed E-state index contributed by atoms with van der Waals surface area (Å²) in [6, 6.07) is 5.59. The zero-order valence-corrected chi connectivity index (χ0v) is 14.0. The summed E-state index contributed by atoms with van der Waals surface area (Å²) in [7, 11) is 0. The molecule has 0 aliphatic carbocycles. The summed E-state index contributed by atoms with van der Waals surface area (Å²) < 4.78 is 5.88. The topological polar surface area (TPSA) is 58.4 Å². The molecule has 3 rings (SSSR count). The molecule has 1 aliphatic heterocycles. The molecule has 1 fully saturated rings. The number of nitrogens with one attached hydrogen (secondary N) is 1. The van der Waals surface area contributed by atoms with E-state index in [1.54, 1.807) is 6.07 Å². The number of aryl methyl sites for hydroxylation is 1. The fourth-order valence-corrected chi connectivity index (χ4v) is 3.15. The maximum atomic E-state index is 12.2. The number of rotatable bonds is 3. The largest absolute Gasteiger partial charge is 0.444 e. The summed E-state index contributed by atoms with van der Waals surface area (Å²) in [5, 5.41) is 2.76. The Morgan fingerprint density at radius 3 is 2.68 bits per heavy atom. The third-order valence-corrected chi connectivity index (χ3v) is 4.20. The Hall–Kier alpha value is -1.82.